The van der Waals surface area contributed by atoms with Crippen molar-refractivity contribution in [3.8, 4) is 0 Å². The minimum Gasteiger partial charge on any atom is -0.355 e. The minimum atomic E-state index is 0.162. The third kappa shape index (κ3) is 3.44. The summed E-state index contributed by atoms with van der Waals surface area (Å²) >= 11 is 0. The molecule has 2 fully saturated rings. The topological polar surface area (TPSA) is 59.6 Å². The Kier molecular flexibility index (Phi) is 3.94. The van der Waals surface area contributed by atoms with Crippen molar-refractivity contribution in [2.45, 2.75) is 31.4 Å². The zero-order valence-corrected chi connectivity index (χ0v) is 8.83. The molecule has 2 rings (SSSR count). The molecule has 0 aliphatic carbocycles. The second-order valence-corrected chi connectivity index (χ2v) is 4.05. The van der Waals surface area contributed by atoms with E-state index in [0.29, 0.717) is 19.3 Å². The molecule has 2 atom stereocenters. The van der Waals surface area contributed by atoms with Gasteiger partial charge in [0.2, 0.25) is 5.91 Å². The van der Waals surface area contributed by atoms with Crippen molar-refractivity contribution in [1.29, 1.82) is 0 Å². The molecule has 0 bridgehead atoms. The van der Waals surface area contributed by atoms with Crippen LogP contribution < -0.4 is 10.6 Å². The van der Waals surface area contributed by atoms with Crippen LogP contribution in [0.15, 0.2) is 0 Å². The van der Waals surface area contributed by atoms with Gasteiger partial charge in [0, 0.05) is 25.6 Å². The van der Waals surface area contributed by atoms with Crippen LogP contribution in [0.5, 0.6) is 0 Å². The highest BCUT2D eigenvalue weighted by molar-refractivity contribution is 5.76. The molecule has 1 amide bonds. The van der Waals surface area contributed by atoms with Crippen molar-refractivity contribution in [3.05, 3.63) is 0 Å². The Balaban J connectivity index is 1.62. The molecule has 0 radical (unpaired) electrons. The van der Waals surface area contributed by atoms with Crippen LogP contribution in [0.3, 0.4) is 0 Å². The Bertz CT molecular complexity index is 207. The molecule has 15 heavy (non-hydrogen) atoms. The largest absolute Gasteiger partial charge is 0.355 e. The van der Waals surface area contributed by atoms with Crippen molar-refractivity contribution in [2.24, 2.45) is 0 Å². The van der Waals surface area contributed by atoms with Gasteiger partial charge in [0.15, 0.2) is 0 Å². The molecule has 0 saturated carbocycles. The number of carbonyl (C=O) groups is 1. The third-order valence-electron chi connectivity index (χ3n) is 2.87. The van der Waals surface area contributed by atoms with Gasteiger partial charge in [-0.2, -0.15) is 0 Å². The second-order valence-electron chi connectivity index (χ2n) is 4.05. The van der Waals surface area contributed by atoms with Crippen LogP contribution in [0.25, 0.3) is 0 Å². The maximum absolute atomic E-state index is 10.9. The Morgan fingerprint density at radius 1 is 1.47 bits per heavy atom. The van der Waals surface area contributed by atoms with E-state index < -0.39 is 0 Å². The molecule has 2 N–H and O–H groups in total. The zero-order chi connectivity index (χ0) is 10.5. The number of hydrogen-bond acceptors (Lipinski definition) is 4. The molecule has 2 saturated heterocycles. The van der Waals surface area contributed by atoms with Gasteiger partial charge in [0.1, 0.15) is 6.79 Å². The number of hydrogen-bond donors (Lipinski definition) is 2. The fourth-order valence-corrected chi connectivity index (χ4v) is 1.87. The average Bonchev–Trinajstić information content (AvgIpc) is 2.30. The summed E-state index contributed by atoms with van der Waals surface area (Å²) in [6, 6.07) is 0.397. The van der Waals surface area contributed by atoms with E-state index in [1.54, 1.807) is 0 Å². The summed E-state index contributed by atoms with van der Waals surface area (Å²) in [6.45, 7) is 2.79. The summed E-state index contributed by atoms with van der Waals surface area (Å²) in [4.78, 5) is 10.9. The molecule has 2 aliphatic rings. The summed E-state index contributed by atoms with van der Waals surface area (Å²) in [5.74, 6) is 0.162. The molecule has 0 aromatic carbocycles. The summed E-state index contributed by atoms with van der Waals surface area (Å²) in [6.07, 6.45) is 2.77. The number of rotatable bonds is 3. The maximum atomic E-state index is 10.9. The summed E-state index contributed by atoms with van der Waals surface area (Å²) in [5, 5.41) is 6.27. The number of amides is 1. The predicted molar refractivity (Wildman–Crippen MR) is 54.3 cm³/mol. The molecule has 0 spiro atoms. The lowest BCUT2D eigenvalue weighted by atomic mass is 10.1. The molecule has 2 unspecified atom stereocenters. The van der Waals surface area contributed by atoms with Gasteiger partial charge in [-0.3, -0.25) is 4.79 Å². The van der Waals surface area contributed by atoms with Gasteiger partial charge >= 0.3 is 0 Å². The van der Waals surface area contributed by atoms with Crippen molar-refractivity contribution in [2.75, 3.05) is 26.5 Å². The van der Waals surface area contributed by atoms with E-state index in [-0.39, 0.29) is 12.0 Å². The first-order valence-corrected chi connectivity index (χ1v) is 5.54. The average molecular weight is 214 g/mol. The first kappa shape index (κ1) is 10.9. The fourth-order valence-electron chi connectivity index (χ4n) is 1.87. The van der Waals surface area contributed by atoms with Crippen molar-refractivity contribution in [3.63, 3.8) is 0 Å². The van der Waals surface area contributed by atoms with Crippen molar-refractivity contribution < 1.29 is 14.3 Å². The van der Waals surface area contributed by atoms with E-state index in [9.17, 15) is 4.79 Å². The van der Waals surface area contributed by atoms with Gasteiger partial charge in [0.05, 0.1) is 12.7 Å². The normalized spacial score (nSPS) is 32.4. The van der Waals surface area contributed by atoms with Crippen LogP contribution in [-0.2, 0) is 14.3 Å². The Hall–Kier alpha value is -0.650. The zero-order valence-electron chi connectivity index (χ0n) is 8.83. The van der Waals surface area contributed by atoms with E-state index in [0.717, 1.165) is 32.5 Å². The fraction of sp³-hybridized carbons (Fsp3) is 0.900. The maximum Gasteiger partial charge on any atom is 0.220 e. The Labute approximate surface area is 89.5 Å². The van der Waals surface area contributed by atoms with E-state index >= 15 is 0 Å². The van der Waals surface area contributed by atoms with Crippen LogP contribution in [0.1, 0.15) is 19.3 Å². The number of nitrogens with one attached hydrogen (secondary N) is 2. The Morgan fingerprint density at radius 2 is 2.40 bits per heavy atom. The first-order chi connectivity index (χ1) is 7.34. The van der Waals surface area contributed by atoms with Crippen LogP contribution in [0, 0.1) is 0 Å². The summed E-state index contributed by atoms with van der Waals surface area (Å²) < 4.78 is 10.5. The molecule has 5 nitrogen and oxygen atoms in total. The SMILES string of the molecule is O=C1CCC(NCC2CCOCO2)CN1. The van der Waals surface area contributed by atoms with Gasteiger partial charge in [-0.1, -0.05) is 0 Å². The first-order valence-electron chi connectivity index (χ1n) is 5.54. The monoisotopic (exact) mass is 214 g/mol. The highest BCUT2D eigenvalue weighted by atomic mass is 16.7. The summed E-state index contributed by atoms with van der Waals surface area (Å²) in [7, 11) is 0. The summed E-state index contributed by atoms with van der Waals surface area (Å²) in [5.41, 5.74) is 0. The number of carbonyl (C=O) groups excluding carboxylic acids is 1. The molecule has 2 aliphatic heterocycles. The van der Waals surface area contributed by atoms with Gasteiger partial charge in [-0.25, -0.2) is 0 Å². The van der Waals surface area contributed by atoms with Crippen LogP contribution in [0.2, 0.25) is 0 Å². The van der Waals surface area contributed by atoms with Gasteiger partial charge in [-0.15, -0.1) is 0 Å². The van der Waals surface area contributed by atoms with E-state index in [1.807, 2.05) is 0 Å². The minimum absolute atomic E-state index is 0.162. The lowest BCUT2D eigenvalue weighted by molar-refractivity contribution is -0.137. The molecular formula is C10H18N2O3. The van der Waals surface area contributed by atoms with E-state index in [4.69, 9.17) is 9.47 Å². The smallest absolute Gasteiger partial charge is 0.220 e. The molecule has 0 aromatic heterocycles. The number of piperidine rings is 1. The standard InChI is InChI=1S/C10H18N2O3/c13-10-2-1-8(5-12-10)11-6-9-3-4-14-7-15-9/h8-9,11H,1-7H2,(H,12,13). The van der Waals surface area contributed by atoms with Gasteiger partial charge in [0.25, 0.3) is 0 Å². The van der Waals surface area contributed by atoms with Crippen molar-refractivity contribution >= 4 is 5.91 Å². The van der Waals surface area contributed by atoms with E-state index in [1.165, 1.54) is 0 Å². The van der Waals surface area contributed by atoms with Crippen LogP contribution >= 0.6 is 0 Å². The third-order valence-corrected chi connectivity index (χ3v) is 2.87. The lowest BCUT2D eigenvalue weighted by Crippen LogP contribution is -2.48. The number of ether oxygens (including phenoxy) is 2. The lowest BCUT2D eigenvalue weighted by Gasteiger charge is -2.28. The molecule has 0 aromatic rings. The van der Waals surface area contributed by atoms with Crippen molar-refractivity contribution in [1.82, 2.24) is 10.6 Å². The van der Waals surface area contributed by atoms with Crippen LogP contribution in [-0.4, -0.2) is 44.5 Å². The highest BCUT2D eigenvalue weighted by Gasteiger charge is 2.20. The predicted octanol–water partition coefficient (Wildman–Crippen LogP) is -0.382. The quantitative estimate of drug-likeness (QED) is 0.672. The van der Waals surface area contributed by atoms with Gasteiger partial charge in [-0.05, 0) is 12.8 Å². The van der Waals surface area contributed by atoms with Gasteiger partial charge < -0.3 is 20.1 Å². The molecule has 5 heteroatoms. The highest BCUT2D eigenvalue weighted by Crippen LogP contribution is 2.07. The van der Waals surface area contributed by atoms with Crippen LogP contribution in [0.4, 0.5) is 0 Å². The second kappa shape index (κ2) is 5.44. The van der Waals surface area contributed by atoms with E-state index in [2.05, 4.69) is 10.6 Å². The molecule has 2 heterocycles. The molecule has 86 valence electrons. The Morgan fingerprint density at radius 3 is 3.07 bits per heavy atom. The molecular weight excluding hydrogens is 196 g/mol.